The van der Waals surface area contributed by atoms with Gasteiger partial charge in [-0.1, -0.05) is 18.9 Å². The summed E-state index contributed by atoms with van der Waals surface area (Å²) in [5, 5.41) is 6.57. The van der Waals surface area contributed by atoms with E-state index in [9.17, 15) is 9.59 Å². The molecular weight excluding hydrogens is 418 g/mol. The van der Waals surface area contributed by atoms with Gasteiger partial charge in [0.1, 0.15) is 12.3 Å². The van der Waals surface area contributed by atoms with Gasteiger partial charge >= 0.3 is 0 Å². The van der Waals surface area contributed by atoms with Crippen LogP contribution in [0.5, 0.6) is 5.75 Å². The Morgan fingerprint density at radius 1 is 1.18 bits per heavy atom. The zero-order chi connectivity index (χ0) is 22.8. The van der Waals surface area contributed by atoms with E-state index in [2.05, 4.69) is 15.6 Å². The van der Waals surface area contributed by atoms with Crippen molar-refractivity contribution in [2.24, 2.45) is 22.6 Å². The van der Waals surface area contributed by atoms with Crippen LogP contribution in [0.4, 0.5) is 5.69 Å². The van der Waals surface area contributed by atoms with Crippen LogP contribution < -0.4 is 21.1 Å². The number of piperidine rings is 1. The Bertz CT molecular complexity index is 933. The Labute approximate surface area is 195 Å². The molecule has 1 aromatic rings. The van der Waals surface area contributed by atoms with Crippen LogP contribution >= 0.6 is 0 Å². The number of nitrogens with one attached hydrogen (secondary N) is 2. The lowest BCUT2D eigenvalue weighted by Crippen LogP contribution is -2.54. The number of nitrogens with zero attached hydrogens (tertiary/aromatic N) is 2. The van der Waals surface area contributed by atoms with Gasteiger partial charge in [-0.25, -0.2) is 4.99 Å². The summed E-state index contributed by atoms with van der Waals surface area (Å²) in [5.74, 6) is 1.91. The third-order valence-electron chi connectivity index (χ3n) is 7.77. The highest BCUT2D eigenvalue weighted by molar-refractivity contribution is 6.05. The van der Waals surface area contributed by atoms with Crippen LogP contribution in [0.2, 0.25) is 0 Å². The minimum atomic E-state index is -0.178. The molecule has 0 bridgehead atoms. The average Bonchev–Trinajstić information content (AvgIpc) is 3.18. The van der Waals surface area contributed by atoms with Gasteiger partial charge in [0.2, 0.25) is 17.8 Å². The number of primary amides is 1. The number of guanidine groups is 1. The predicted molar refractivity (Wildman–Crippen MR) is 126 cm³/mol. The van der Waals surface area contributed by atoms with Gasteiger partial charge < -0.3 is 20.7 Å². The summed E-state index contributed by atoms with van der Waals surface area (Å²) >= 11 is 0. The second-order valence-electron chi connectivity index (χ2n) is 9.95. The molecule has 2 amide bonds. The van der Waals surface area contributed by atoms with Crippen molar-refractivity contribution in [3.63, 3.8) is 0 Å². The number of aliphatic imine (C=N–C) groups is 1. The van der Waals surface area contributed by atoms with Gasteiger partial charge in [-0.3, -0.25) is 14.9 Å². The number of carbonyl (C=O) groups excluding carboxylic acids is 2. The van der Waals surface area contributed by atoms with Crippen LogP contribution in [0.25, 0.3) is 0 Å². The van der Waals surface area contributed by atoms with Crippen molar-refractivity contribution in [3.05, 3.63) is 23.8 Å². The van der Waals surface area contributed by atoms with Crippen LogP contribution in [0, 0.1) is 11.8 Å². The van der Waals surface area contributed by atoms with E-state index < -0.39 is 0 Å². The van der Waals surface area contributed by atoms with E-state index in [1.165, 1.54) is 32.1 Å². The van der Waals surface area contributed by atoms with Gasteiger partial charge in [0, 0.05) is 17.6 Å². The monoisotopic (exact) mass is 453 g/mol. The molecule has 178 valence electrons. The maximum absolute atomic E-state index is 12.2. The number of nitrogens with two attached hydrogens (primary N) is 1. The van der Waals surface area contributed by atoms with Gasteiger partial charge in [-0.05, 0) is 63.0 Å². The van der Waals surface area contributed by atoms with E-state index in [0.717, 1.165) is 48.6 Å². The molecule has 1 saturated carbocycles. The minimum Gasteiger partial charge on any atom is -0.493 e. The molecule has 8 heteroatoms. The Hall–Kier alpha value is -2.61. The molecule has 2 saturated heterocycles. The van der Waals surface area contributed by atoms with Crippen molar-refractivity contribution in [2.75, 3.05) is 13.2 Å². The smallest absolute Gasteiger partial charge is 0.246 e. The van der Waals surface area contributed by atoms with E-state index in [-0.39, 0.29) is 23.8 Å². The first-order valence-electron chi connectivity index (χ1n) is 12.5. The first-order valence-corrected chi connectivity index (χ1v) is 12.5. The van der Waals surface area contributed by atoms with E-state index in [1.807, 2.05) is 23.1 Å². The van der Waals surface area contributed by atoms with Crippen LogP contribution in [0.15, 0.2) is 23.2 Å². The number of hydrogen-bond donors (Lipinski definition) is 3. The van der Waals surface area contributed by atoms with Gasteiger partial charge in [-0.2, -0.15) is 0 Å². The number of unbranched alkanes of at least 4 members (excludes halogenated alkanes) is 1. The summed E-state index contributed by atoms with van der Waals surface area (Å²) in [5.41, 5.74) is 7.68. The Balaban J connectivity index is 1.11. The molecule has 1 aliphatic carbocycles. The van der Waals surface area contributed by atoms with E-state index in [0.29, 0.717) is 31.7 Å². The lowest BCUT2D eigenvalue weighted by atomic mass is 9.75. The Morgan fingerprint density at radius 2 is 2.06 bits per heavy atom. The summed E-state index contributed by atoms with van der Waals surface area (Å²) in [4.78, 5) is 30.4. The quantitative estimate of drug-likeness (QED) is 0.524. The molecule has 0 radical (unpaired) electrons. The third-order valence-corrected chi connectivity index (χ3v) is 7.77. The molecule has 3 aliphatic heterocycles. The van der Waals surface area contributed by atoms with E-state index in [4.69, 9.17) is 10.5 Å². The molecule has 4 atom stereocenters. The van der Waals surface area contributed by atoms with E-state index >= 15 is 0 Å². The average molecular weight is 454 g/mol. The van der Waals surface area contributed by atoms with Crippen LogP contribution in [-0.2, 0) is 16.1 Å². The zero-order valence-corrected chi connectivity index (χ0v) is 19.2. The molecule has 5 rings (SSSR count). The van der Waals surface area contributed by atoms with Crippen LogP contribution in [0.3, 0.4) is 0 Å². The number of hydrogen-bond acceptors (Lipinski definition) is 6. The summed E-state index contributed by atoms with van der Waals surface area (Å²) in [6, 6.07) is 6.62. The normalized spacial score (nSPS) is 27.0. The topological polar surface area (TPSA) is 109 Å². The Morgan fingerprint density at radius 3 is 2.94 bits per heavy atom. The van der Waals surface area contributed by atoms with Crippen molar-refractivity contribution in [3.8, 4) is 5.75 Å². The highest BCUT2D eigenvalue weighted by Crippen LogP contribution is 2.36. The second kappa shape index (κ2) is 9.71. The summed E-state index contributed by atoms with van der Waals surface area (Å²) in [6.07, 6.45) is 10.0. The molecule has 4 unspecified atom stereocenters. The highest BCUT2D eigenvalue weighted by atomic mass is 16.5. The first-order chi connectivity index (χ1) is 16.1. The molecule has 33 heavy (non-hydrogen) atoms. The van der Waals surface area contributed by atoms with Gasteiger partial charge in [-0.15, -0.1) is 0 Å². The number of amides is 2. The van der Waals surface area contributed by atoms with Crippen LogP contribution in [0.1, 0.15) is 63.4 Å². The molecule has 0 aromatic heterocycles. The maximum Gasteiger partial charge on any atom is 0.246 e. The van der Waals surface area contributed by atoms with Crippen LogP contribution in [-0.4, -0.2) is 47.9 Å². The van der Waals surface area contributed by atoms with E-state index in [1.54, 1.807) is 0 Å². The number of carbonyl (C=O) groups is 2. The molecule has 4 N–H and O–H groups in total. The molecule has 4 aliphatic rings. The minimum absolute atomic E-state index is 0.0282. The molecule has 3 fully saturated rings. The van der Waals surface area contributed by atoms with Gasteiger partial charge in [0.05, 0.1) is 24.8 Å². The van der Waals surface area contributed by atoms with Crippen molar-refractivity contribution in [1.82, 2.24) is 15.5 Å². The number of ether oxygens (including phenoxy) is 1. The van der Waals surface area contributed by atoms with Gasteiger partial charge in [0.25, 0.3) is 0 Å². The predicted octanol–water partition coefficient (Wildman–Crippen LogP) is 2.58. The SMILES string of the molecule is NC(=O)C(CCCCOc1cccc2c1CN1CC(=O)NC1=N2)C1CCC2CCCCC2N1. The standard InChI is InChI=1S/C25H35N5O3/c26-24(32)17(21-12-11-16-6-1-2-8-19(16)27-21)7-3-4-13-33-22-10-5-9-20-18(22)14-30-15-23(31)29-25(30)28-20/h5,9-10,16-17,19,21,27H,1-4,6-8,11-15H2,(H2,26,32)(H,28,29,31). The highest BCUT2D eigenvalue weighted by Gasteiger charge is 2.36. The Kier molecular flexibility index (Phi) is 6.53. The molecular formula is C25H35N5O3. The third kappa shape index (κ3) is 4.86. The number of fused-ring (bicyclic) bond motifs is 3. The molecule has 8 nitrogen and oxygen atoms in total. The molecule has 3 heterocycles. The fourth-order valence-corrected chi connectivity index (χ4v) is 6.01. The van der Waals surface area contributed by atoms with Crippen molar-refractivity contribution >= 4 is 23.5 Å². The number of benzene rings is 1. The number of rotatable bonds is 8. The van der Waals surface area contributed by atoms with Gasteiger partial charge in [0.15, 0.2) is 0 Å². The lowest BCUT2D eigenvalue weighted by molar-refractivity contribution is -0.123. The second-order valence-corrected chi connectivity index (χ2v) is 9.95. The first kappa shape index (κ1) is 22.2. The van der Waals surface area contributed by atoms with Crippen molar-refractivity contribution < 1.29 is 14.3 Å². The summed E-state index contributed by atoms with van der Waals surface area (Å²) in [7, 11) is 0. The maximum atomic E-state index is 12.2. The summed E-state index contributed by atoms with van der Waals surface area (Å²) in [6.45, 7) is 1.53. The fraction of sp³-hybridized carbons (Fsp3) is 0.640. The fourth-order valence-electron chi connectivity index (χ4n) is 6.01. The van der Waals surface area contributed by atoms with Crippen molar-refractivity contribution in [1.29, 1.82) is 0 Å². The molecule has 1 aromatic carbocycles. The zero-order valence-electron chi connectivity index (χ0n) is 19.2. The molecule has 0 spiro atoms. The lowest BCUT2D eigenvalue weighted by Gasteiger charge is -2.42. The largest absolute Gasteiger partial charge is 0.493 e. The van der Waals surface area contributed by atoms with Crippen molar-refractivity contribution in [2.45, 2.75) is 76.4 Å². The summed E-state index contributed by atoms with van der Waals surface area (Å²) < 4.78 is 6.11.